The molecule has 21 heavy (non-hydrogen) atoms. The summed E-state index contributed by atoms with van der Waals surface area (Å²) in [6.07, 6.45) is 3.53. The number of piperidine rings is 1. The Kier molecular flexibility index (Phi) is 5.91. The lowest BCUT2D eigenvalue weighted by molar-refractivity contribution is 0.0677. The van der Waals surface area contributed by atoms with Gasteiger partial charge < -0.3 is 10.2 Å². The van der Waals surface area contributed by atoms with Crippen LogP contribution in [-0.2, 0) is 0 Å². The second-order valence-corrected chi connectivity index (χ2v) is 6.61. The van der Waals surface area contributed by atoms with Gasteiger partial charge >= 0.3 is 0 Å². The number of hydrogen-bond acceptors (Lipinski definition) is 2. The van der Waals surface area contributed by atoms with Crippen LogP contribution in [0.25, 0.3) is 0 Å². The van der Waals surface area contributed by atoms with Gasteiger partial charge in [-0.25, -0.2) is 0 Å². The molecule has 1 aliphatic rings. The molecule has 2 rings (SSSR count). The number of amides is 1. The summed E-state index contributed by atoms with van der Waals surface area (Å²) in [5.41, 5.74) is 0.408. The van der Waals surface area contributed by atoms with Crippen molar-refractivity contribution >= 4 is 29.1 Å². The first-order chi connectivity index (χ1) is 10.0. The zero-order valence-corrected chi connectivity index (χ0v) is 14.0. The Bertz CT molecular complexity index is 479. The van der Waals surface area contributed by atoms with Gasteiger partial charge in [-0.15, -0.1) is 0 Å². The minimum atomic E-state index is -0.0898. The monoisotopic (exact) mass is 328 g/mol. The standard InChI is InChI=1S/C16H22Cl2N2O/c1-11(2)20(10-12-6-3-4-9-19-12)16(21)15-13(17)7-5-8-14(15)18/h5,7-8,11-12,19H,3-4,6,9-10H2,1-2H3. The Balaban J connectivity index is 2.19. The van der Waals surface area contributed by atoms with E-state index < -0.39 is 0 Å². The molecule has 116 valence electrons. The molecule has 1 aliphatic heterocycles. The average molecular weight is 329 g/mol. The van der Waals surface area contributed by atoms with Crippen molar-refractivity contribution < 1.29 is 4.79 Å². The van der Waals surface area contributed by atoms with E-state index >= 15 is 0 Å². The van der Waals surface area contributed by atoms with Crippen molar-refractivity contribution in [3.8, 4) is 0 Å². The van der Waals surface area contributed by atoms with Gasteiger partial charge in [0.25, 0.3) is 5.91 Å². The molecule has 1 aromatic rings. The number of nitrogens with zero attached hydrogens (tertiary/aromatic N) is 1. The van der Waals surface area contributed by atoms with Crippen LogP contribution in [0.1, 0.15) is 43.5 Å². The van der Waals surface area contributed by atoms with Crippen LogP contribution in [0.2, 0.25) is 10.0 Å². The molecule has 1 N–H and O–H groups in total. The summed E-state index contributed by atoms with van der Waals surface area (Å²) in [5, 5.41) is 4.30. The van der Waals surface area contributed by atoms with Gasteiger partial charge in [-0.3, -0.25) is 4.79 Å². The van der Waals surface area contributed by atoms with Gasteiger partial charge in [0.15, 0.2) is 0 Å². The molecule has 0 aromatic heterocycles. The highest BCUT2D eigenvalue weighted by atomic mass is 35.5. The lowest BCUT2D eigenvalue weighted by Gasteiger charge is -2.33. The molecule has 1 saturated heterocycles. The minimum absolute atomic E-state index is 0.0898. The fourth-order valence-electron chi connectivity index (χ4n) is 2.69. The molecular formula is C16H22Cl2N2O. The molecule has 1 unspecified atom stereocenters. The Morgan fingerprint density at radius 3 is 2.52 bits per heavy atom. The summed E-state index contributed by atoms with van der Waals surface area (Å²) >= 11 is 12.3. The Hall–Kier alpha value is -0.770. The van der Waals surface area contributed by atoms with Crippen LogP contribution in [-0.4, -0.2) is 36.0 Å². The van der Waals surface area contributed by atoms with E-state index in [9.17, 15) is 4.79 Å². The summed E-state index contributed by atoms with van der Waals surface area (Å²) in [6.45, 7) is 5.76. The maximum Gasteiger partial charge on any atom is 0.257 e. The molecule has 1 heterocycles. The SMILES string of the molecule is CC(C)N(CC1CCCCN1)C(=O)c1c(Cl)cccc1Cl. The van der Waals surface area contributed by atoms with Crippen molar-refractivity contribution in [2.45, 2.75) is 45.2 Å². The molecule has 0 saturated carbocycles. The number of halogens is 2. The predicted molar refractivity (Wildman–Crippen MR) is 88.3 cm³/mol. The van der Waals surface area contributed by atoms with Gasteiger partial charge in [-0.1, -0.05) is 35.7 Å². The first-order valence-corrected chi connectivity index (χ1v) is 8.24. The van der Waals surface area contributed by atoms with E-state index in [1.54, 1.807) is 18.2 Å². The summed E-state index contributed by atoms with van der Waals surface area (Å²) in [6, 6.07) is 5.62. The summed E-state index contributed by atoms with van der Waals surface area (Å²) in [7, 11) is 0. The molecule has 1 aromatic carbocycles. The molecule has 1 atom stereocenters. The zero-order valence-electron chi connectivity index (χ0n) is 12.5. The van der Waals surface area contributed by atoms with Crippen LogP contribution in [0.5, 0.6) is 0 Å². The van der Waals surface area contributed by atoms with Gasteiger partial charge in [0.1, 0.15) is 0 Å². The lowest BCUT2D eigenvalue weighted by atomic mass is 10.0. The highest BCUT2D eigenvalue weighted by molar-refractivity contribution is 6.39. The van der Waals surface area contributed by atoms with Crippen molar-refractivity contribution in [2.75, 3.05) is 13.1 Å². The smallest absolute Gasteiger partial charge is 0.257 e. The minimum Gasteiger partial charge on any atom is -0.335 e. The Morgan fingerprint density at radius 2 is 2.00 bits per heavy atom. The van der Waals surface area contributed by atoms with Crippen molar-refractivity contribution in [1.82, 2.24) is 10.2 Å². The number of carbonyl (C=O) groups is 1. The summed E-state index contributed by atoms with van der Waals surface area (Å²) < 4.78 is 0. The topological polar surface area (TPSA) is 32.3 Å². The number of benzene rings is 1. The fraction of sp³-hybridized carbons (Fsp3) is 0.562. The molecule has 1 amide bonds. The van der Waals surface area contributed by atoms with Crippen LogP contribution in [0.3, 0.4) is 0 Å². The van der Waals surface area contributed by atoms with E-state index in [1.165, 1.54) is 12.8 Å². The van der Waals surface area contributed by atoms with Gasteiger partial charge in [0.2, 0.25) is 0 Å². The van der Waals surface area contributed by atoms with E-state index in [2.05, 4.69) is 5.32 Å². The fourth-order valence-corrected chi connectivity index (χ4v) is 3.25. The first kappa shape index (κ1) is 16.6. The van der Waals surface area contributed by atoms with E-state index in [0.717, 1.165) is 13.0 Å². The van der Waals surface area contributed by atoms with Crippen LogP contribution >= 0.6 is 23.2 Å². The molecule has 0 aliphatic carbocycles. The molecule has 5 heteroatoms. The van der Waals surface area contributed by atoms with Crippen molar-refractivity contribution in [2.24, 2.45) is 0 Å². The quantitative estimate of drug-likeness (QED) is 0.906. The second-order valence-electron chi connectivity index (χ2n) is 5.79. The Morgan fingerprint density at radius 1 is 1.33 bits per heavy atom. The normalized spacial score (nSPS) is 18.8. The zero-order chi connectivity index (χ0) is 15.4. The third-order valence-corrected chi connectivity index (χ3v) is 4.52. The van der Waals surface area contributed by atoms with E-state index in [1.807, 2.05) is 18.7 Å². The second kappa shape index (κ2) is 7.48. The molecule has 0 spiro atoms. The average Bonchev–Trinajstić information content (AvgIpc) is 2.45. The van der Waals surface area contributed by atoms with Crippen LogP contribution < -0.4 is 5.32 Å². The molecule has 0 bridgehead atoms. The largest absolute Gasteiger partial charge is 0.335 e. The third-order valence-electron chi connectivity index (χ3n) is 3.89. The number of carbonyl (C=O) groups excluding carboxylic acids is 1. The molecule has 3 nitrogen and oxygen atoms in total. The van der Waals surface area contributed by atoms with E-state index in [0.29, 0.717) is 28.2 Å². The van der Waals surface area contributed by atoms with Crippen LogP contribution in [0.15, 0.2) is 18.2 Å². The van der Waals surface area contributed by atoms with Gasteiger partial charge in [0.05, 0.1) is 15.6 Å². The molecule has 0 radical (unpaired) electrons. The number of nitrogens with one attached hydrogen (secondary N) is 1. The van der Waals surface area contributed by atoms with Crippen LogP contribution in [0.4, 0.5) is 0 Å². The molecule has 1 fully saturated rings. The highest BCUT2D eigenvalue weighted by Gasteiger charge is 2.26. The van der Waals surface area contributed by atoms with Crippen molar-refractivity contribution in [1.29, 1.82) is 0 Å². The Labute approximate surface area is 136 Å². The van der Waals surface area contributed by atoms with Gasteiger partial charge in [0, 0.05) is 18.6 Å². The summed E-state index contributed by atoms with van der Waals surface area (Å²) in [5.74, 6) is -0.0898. The first-order valence-electron chi connectivity index (χ1n) is 7.49. The van der Waals surface area contributed by atoms with Crippen molar-refractivity contribution in [3.63, 3.8) is 0 Å². The lowest BCUT2D eigenvalue weighted by Crippen LogP contribution is -2.48. The van der Waals surface area contributed by atoms with E-state index in [4.69, 9.17) is 23.2 Å². The third kappa shape index (κ3) is 4.12. The predicted octanol–water partition coefficient (Wildman–Crippen LogP) is 3.99. The van der Waals surface area contributed by atoms with Crippen LogP contribution in [0, 0.1) is 0 Å². The van der Waals surface area contributed by atoms with Gasteiger partial charge in [-0.2, -0.15) is 0 Å². The number of hydrogen-bond donors (Lipinski definition) is 1. The highest BCUT2D eigenvalue weighted by Crippen LogP contribution is 2.26. The molecular weight excluding hydrogens is 307 g/mol. The summed E-state index contributed by atoms with van der Waals surface area (Å²) in [4.78, 5) is 14.7. The van der Waals surface area contributed by atoms with Gasteiger partial charge in [-0.05, 0) is 45.4 Å². The number of rotatable bonds is 4. The van der Waals surface area contributed by atoms with Crippen molar-refractivity contribution in [3.05, 3.63) is 33.8 Å². The van der Waals surface area contributed by atoms with E-state index in [-0.39, 0.29) is 11.9 Å². The maximum absolute atomic E-state index is 12.8. The maximum atomic E-state index is 12.8.